The Labute approximate surface area is 94.8 Å². The summed E-state index contributed by atoms with van der Waals surface area (Å²) in [6.45, 7) is 0. The number of nitrogens with one attached hydrogen (secondary N) is 2. The minimum absolute atomic E-state index is 0.586. The summed E-state index contributed by atoms with van der Waals surface area (Å²) in [7, 11) is 1.65. The minimum atomic E-state index is 0.586. The van der Waals surface area contributed by atoms with E-state index in [1.807, 2.05) is 24.3 Å². The van der Waals surface area contributed by atoms with Gasteiger partial charge in [0.1, 0.15) is 5.75 Å². The quantitative estimate of drug-likeness (QED) is 0.768. The minimum Gasteiger partial charge on any atom is -0.497 e. The maximum atomic E-state index is 5.16. The summed E-state index contributed by atoms with van der Waals surface area (Å²) < 4.78 is 5.07. The number of anilines is 1. The van der Waals surface area contributed by atoms with Gasteiger partial charge in [0.2, 0.25) is 0 Å². The Kier molecular flexibility index (Phi) is 3.06. The van der Waals surface area contributed by atoms with Gasteiger partial charge in [-0.05, 0) is 49.3 Å². The summed E-state index contributed by atoms with van der Waals surface area (Å²) >= 11 is 5.16. The molecule has 1 aromatic carbocycles. The molecule has 0 radical (unpaired) electrons. The second-order valence-electron chi connectivity index (χ2n) is 3.60. The Morgan fingerprint density at radius 3 is 2.53 bits per heavy atom. The highest BCUT2D eigenvalue weighted by Crippen LogP contribution is 2.19. The van der Waals surface area contributed by atoms with E-state index < -0.39 is 0 Å². The third kappa shape index (κ3) is 3.09. The van der Waals surface area contributed by atoms with E-state index in [0.717, 1.165) is 11.4 Å². The van der Waals surface area contributed by atoms with Crippen LogP contribution in [-0.2, 0) is 0 Å². The summed E-state index contributed by atoms with van der Waals surface area (Å²) in [5.74, 6) is 0.849. The average molecular weight is 222 g/mol. The molecule has 0 bridgehead atoms. The fraction of sp³-hybridized carbons (Fsp3) is 0.364. The molecule has 0 heterocycles. The SMILES string of the molecule is COc1ccc(NC(=S)NC2CC2)cc1. The second kappa shape index (κ2) is 4.49. The van der Waals surface area contributed by atoms with E-state index in [9.17, 15) is 0 Å². The van der Waals surface area contributed by atoms with Gasteiger partial charge in [0.05, 0.1) is 7.11 Å². The van der Waals surface area contributed by atoms with Crippen LogP contribution in [0, 0.1) is 0 Å². The molecule has 0 saturated heterocycles. The number of methoxy groups -OCH3 is 1. The van der Waals surface area contributed by atoms with Gasteiger partial charge < -0.3 is 15.4 Å². The zero-order valence-electron chi connectivity index (χ0n) is 8.62. The Hall–Kier alpha value is -1.29. The van der Waals surface area contributed by atoms with E-state index in [4.69, 9.17) is 17.0 Å². The van der Waals surface area contributed by atoms with Crippen LogP contribution in [0.4, 0.5) is 5.69 Å². The van der Waals surface area contributed by atoms with Gasteiger partial charge in [-0.1, -0.05) is 0 Å². The molecular weight excluding hydrogens is 208 g/mol. The van der Waals surface area contributed by atoms with Gasteiger partial charge in [0.25, 0.3) is 0 Å². The number of hydrogen-bond acceptors (Lipinski definition) is 2. The van der Waals surface area contributed by atoms with Crippen LogP contribution < -0.4 is 15.4 Å². The molecule has 3 nitrogen and oxygen atoms in total. The Balaban J connectivity index is 1.88. The maximum absolute atomic E-state index is 5.16. The first-order valence-corrected chi connectivity index (χ1v) is 5.40. The molecule has 4 heteroatoms. The van der Waals surface area contributed by atoms with E-state index in [2.05, 4.69) is 10.6 Å². The zero-order valence-corrected chi connectivity index (χ0v) is 9.43. The molecule has 1 aromatic rings. The first-order valence-electron chi connectivity index (χ1n) is 4.99. The number of ether oxygens (including phenoxy) is 1. The molecule has 15 heavy (non-hydrogen) atoms. The Morgan fingerprint density at radius 1 is 1.33 bits per heavy atom. The van der Waals surface area contributed by atoms with Crippen molar-refractivity contribution >= 4 is 23.0 Å². The third-order valence-corrected chi connectivity index (χ3v) is 2.48. The lowest BCUT2D eigenvalue weighted by Crippen LogP contribution is -2.30. The third-order valence-electron chi connectivity index (χ3n) is 2.26. The fourth-order valence-electron chi connectivity index (χ4n) is 1.25. The highest BCUT2D eigenvalue weighted by molar-refractivity contribution is 7.80. The Morgan fingerprint density at radius 2 is 2.00 bits per heavy atom. The van der Waals surface area contributed by atoms with Crippen molar-refractivity contribution in [1.82, 2.24) is 5.32 Å². The van der Waals surface area contributed by atoms with Crippen LogP contribution in [0.5, 0.6) is 5.75 Å². The second-order valence-corrected chi connectivity index (χ2v) is 4.01. The van der Waals surface area contributed by atoms with Crippen molar-refractivity contribution in [1.29, 1.82) is 0 Å². The van der Waals surface area contributed by atoms with Crippen LogP contribution in [0.2, 0.25) is 0 Å². The van der Waals surface area contributed by atoms with Crippen LogP contribution in [-0.4, -0.2) is 18.3 Å². The first kappa shape index (κ1) is 10.2. The number of hydrogen-bond donors (Lipinski definition) is 2. The highest BCUT2D eigenvalue weighted by Gasteiger charge is 2.21. The van der Waals surface area contributed by atoms with E-state index in [-0.39, 0.29) is 0 Å². The maximum Gasteiger partial charge on any atom is 0.170 e. The molecular formula is C11H14N2OS. The lowest BCUT2D eigenvalue weighted by molar-refractivity contribution is 0.415. The average Bonchev–Trinajstić information content (AvgIpc) is 3.03. The monoisotopic (exact) mass is 222 g/mol. The standard InChI is InChI=1S/C11H14N2OS/c1-14-10-6-4-9(5-7-10)13-11(15)12-8-2-3-8/h4-8H,2-3H2,1H3,(H2,12,13,15). The molecule has 0 unspecified atom stereocenters. The van der Waals surface area contributed by atoms with Crippen LogP contribution in [0.25, 0.3) is 0 Å². The smallest absolute Gasteiger partial charge is 0.170 e. The van der Waals surface area contributed by atoms with Crippen molar-refractivity contribution in [3.63, 3.8) is 0 Å². The van der Waals surface area contributed by atoms with Crippen molar-refractivity contribution in [3.8, 4) is 5.75 Å². The van der Waals surface area contributed by atoms with Crippen molar-refractivity contribution in [2.24, 2.45) is 0 Å². The summed E-state index contributed by atoms with van der Waals surface area (Å²) in [6, 6.07) is 8.28. The molecule has 0 spiro atoms. The van der Waals surface area contributed by atoms with Gasteiger partial charge in [-0.15, -0.1) is 0 Å². The van der Waals surface area contributed by atoms with Crippen LogP contribution in [0.3, 0.4) is 0 Å². The molecule has 1 saturated carbocycles. The molecule has 0 aromatic heterocycles. The van der Waals surface area contributed by atoms with Gasteiger partial charge in [0.15, 0.2) is 5.11 Å². The molecule has 1 aliphatic rings. The molecule has 0 aliphatic heterocycles. The van der Waals surface area contributed by atoms with Crippen molar-refractivity contribution < 1.29 is 4.74 Å². The predicted octanol–water partition coefficient (Wildman–Crippen LogP) is 2.14. The highest BCUT2D eigenvalue weighted by atomic mass is 32.1. The van der Waals surface area contributed by atoms with Crippen molar-refractivity contribution in [2.75, 3.05) is 12.4 Å². The van der Waals surface area contributed by atoms with Gasteiger partial charge in [-0.3, -0.25) is 0 Å². The summed E-state index contributed by atoms with van der Waals surface area (Å²) in [5, 5.41) is 7.05. The van der Waals surface area contributed by atoms with E-state index in [0.29, 0.717) is 11.2 Å². The molecule has 2 rings (SSSR count). The van der Waals surface area contributed by atoms with Gasteiger partial charge in [-0.2, -0.15) is 0 Å². The van der Waals surface area contributed by atoms with Crippen molar-refractivity contribution in [2.45, 2.75) is 18.9 Å². The molecule has 2 N–H and O–H groups in total. The number of benzene rings is 1. The van der Waals surface area contributed by atoms with Crippen LogP contribution >= 0.6 is 12.2 Å². The summed E-state index contributed by atoms with van der Waals surface area (Å²) in [6.07, 6.45) is 2.45. The topological polar surface area (TPSA) is 33.3 Å². The number of rotatable bonds is 3. The largest absolute Gasteiger partial charge is 0.497 e. The molecule has 1 aliphatic carbocycles. The van der Waals surface area contributed by atoms with Gasteiger partial charge in [-0.25, -0.2) is 0 Å². The molecule has 0 atom stereocenters. The normalized spacial score (nSPS) is 14.5. The zero-order chi connectivity index (χ0) is 10.7. The lowest BCUT2D eigenvalue weighted by Gasteiger charge is -2.09. The van der Waals surface area contributed by atoms with Crippen LogP contribution in [0.1, 0.15) is 12.8 Å². The summed E-state index contributed by atoms with van der Waals surface area (Å²) in [4.78, 5) is 0. The van der Waals surface area contributed by atoms with E-state index in [1.165, 1.54) is 12.8 Å². The predicted molar refractivity (Wildman–Crippen MR) is 65.4 cm³/mol. The summed E-state index contributed by atoms with van der Waals surface area (Å²) in [5.41, 5.74) is 0.981. The van der Waals surface area contributed by atoms with Crippen molar-refractivity contribution in [3.05, 3.63) is 24.3 Å². The Bertz CT molecular complexity index is 346. The first-order chi connectivity index (χ1) is 7.28. The molecule has 0 amide bonds. The fourth-order valence-corrected chi connectivity index (χ4v) is 1.54. The number of thiocarbonyl (C=S) groups is 1. The van der Waals surface area contributed by atoms with Gasteiger partial charge >= 0.3 is 0 Å². The molecule has 80 valence electrons. The van der Waals surface area contributed by atoms with E-state index in [1.54, 1.807) is 7.11 Å². The van der Waals surface area contributed by atoms with Crippen LogP contribution in [0.15, 0.2) is 24.3 Å². The molecule has 1 fully saturated rings. The van der Waals surface area contributed by atoms with Gasteiger partial charge in [0, 0.05) is 11.7 Å². The lowest BCUT2D eigenvalue weighted by atomic mass is 10.3. The van der Waals surface area contributed by atoms with E-state index >= 15 is 0 Å².